The fourth-order valence-electron chi connectivity index (χ4n) is 3.18. The Morgan fingerprint density at radius 2 is 2.29 bits per heavy atom. The van der Waals surface area contributed by atoms with Gasteiger partial charge in [-0.25, -0.2) is 9.37 Å². The van der Waals surface area contributed by atoms with E-state index in [0.29, 0.717) is 18.3 Å². The van der Waals surface area contributed by atoms with Crippen LogP contribution in [-0.2, 0) is 11.8 Å². The number of nitrogens with one attached hydrogen (secondary N) is 2. The number of carbonyl (C=O) groups excluding carboxylic acids is 1. The summed E-state index contributed by atoms with van der Waals surface area (Å²) in [7, 11) is 1.82. The number of anilines is 3. The molecule has 10 heteroatoms. The molecule has 0 spiro atoms. The number of aryl methyl sites for hydroxylation is 2. The summed E-state index contributed by atoms with van der Waals surface area (Å²) in [5, 5.41) is 19.0. The Morgan fingerprint density at radius 3 is 3.00 bits per heavy atom. The second-order valence-electron chi connectivity index (χ2n) is 6.82. The van der Waals surface area contributed by atoms with Crippen LogP contribution in [0.4, 0.5) is 21.8 Å². The molecule has 1 saturated heterocycles. The van der Waals surface area contributed by atoms with Crippen molar-refractivity contribution in [1.82, 2.24) is 24.6 Å². The van der Waals surface area contributed by atoms with E-state index >= 15 is 0 Å². The van der Waals surface area contributed by atoms with E-state index in [1.807, 2.05) is 20.0 Å². The van der Waals surface area contributed by atoms with Crippen molar-refractivity contribution in [1.29, 1.82) is 5.26 Å². The molecule has 2 aromatic heterocycles. The third-order valence-corrected chi connectivity index (χ3v) is 4.57. The number of nitriles is 1. The van der Waals surface area contributed by atoms with Gasteiger partial charge in [0.25, 0.3) is 0 Å². The fourth-order valence-corrected chi connectivity index (χ4v) is 3.18. The molecule has 2 aromatic rings. The summed E-state index contributed by atoms with van der Waals surface area (Å²) >= 11 is 0. The molecule has 0 aliphatic carbocycles. The predicted molar refractivity (Wildman–Crippen MR) is 102 cm³/mol. The molecule has 148 valence electrons. The first-order valence-electron chi connectivity index (χ1n) is 9.10. The number of carbonyl (C=O) groups is 1. The Hall–Kier alpha value is -3.22. The van der Waals surface area contributed by atoms with Gasteiger partial charge in [0.05, 0.1) is 30.5 Å². The molecule has 3 rings (SSSR count). The van der Waals surface area contributed by atoms with E-state index in [-0.39, 0.29) is 37.8 Å². The van der Waals surface area contributed by atoms with Gasteiger partial charge in [-0.1, -0.05) is 0 Å². The molecule has 1 fully saturated rings. The van der Waals surface area contributed by atoms with Crippen LogP contribution in [-0.4, -0.2) is 55.9 Å². The lowest BCUT2D eigenvalue weighted by Gasteiger charge is -2.25. The Morgan fingerprint density at radius 1 is 1.46 bits per heavy atom. The highest BCUT2D eigenvalue weighted by Gasteiger charge is 2.34. The Bertz CT molecular complexity index is 877. The van der Waals surface area contributed by atoms with Crippen LogP contribution in [0.3, 0.4) is 0 Å². The van der Waals surface area contributed by atoms with Crippen LogP contribution in [0.15, 0.2) is 18.6 Å². The fraction of sp³-hybridized carbons (Fsp3) is 0.500. The Kier molecular flexibility index (Phi) is 6.03. The van der Waals surface area contributed by atoms with Crippen LogP contribution in [0, 0.1) is 18.3 Å². The number of likely N-dealkylation sites (tertiary alicyclic amines) is 1. The van der Waals surface area contributed by atoms with Crippen molar-refractivity contribution >= 4 is 23.4 Å². The van der Waals surface area contributed by atoms with Crippen LogP contribution in [0.5, 0.6) is 0 Å². The van der Waals surface area contributed by atoms with Gasteiger partial charge in [-0.15, -0.1) is 0 Å². The smallest absolute Gasteiger partial charge is 0.229 e. The highest BCUT2D eigenvalue weighted by Crippen LogP contribution is 2.23. The first kappa shape index (κ1) is 19.5. The third kappa shape index (κ3) is 4.73. The van der Waals surface area contributed by atoms with Gasteiger partial charge in [0, 0.05) is 50.8 Å². The molecule has 0 radical (unpaired) electrons. The molecule has 0 bridgehead atoms. The summed E-state index contributed by atoms with van der Waals surface area (Å²) in [6.07, 6.45) is 4.65. The largest absolute Gasteiger partial charge is 0.368 e. The van der Waals surface area contributed by atoms with Gasteiger partial charge in [0.2, 0.25) is 11.9 Å². The summed E-state index contributed by atoms with van der Waals surface area (Å²) in [6.45, 7) is 2.33. The predicted octanol–water partition coefficient (Wildman–Crippen LogP) is 1.92. The second kappa shape index (κ2) is 8.65. The lowest BCUT2D eigenvalue weighted by molar-refractivity contribution is -0.131. The van der Waals surface area contributed by atoms with Crippen LogP contribution in [0.1, 0.15) is 24.8 Å². The SMILES string of the molecule is Cc1cnc(Nc2cnn(C)c2)nc1NC[C@@H]1C[C@H](F)CN1C(=O)CCC#N. The van der Waals surface area contributed by atoms with Crippen molar-refractivity contribution in [3.63, 3.8) is 0 Å². The van der Waals surface area contributed by atoms with Crippen molar-refractivity contribution in [2.24, 2.45) is 7.05 Å². The first-order valence-corrected chi connectivity index (χ1v) is 9.10. The Balaban J connectivity index is 1.65. The van der Waals surface area contributed by atoms with Crippen molar-refractivity contribution in [3.05, 3.63) is 24.2 Å². The van der Waals surface area contributed by atoms with E-state index in [1.54, 1.807) is 23.3 Å². The topological polar surface area (TPSA) is 112 Å². The summed E-state index contributed by atoms with van der Waals surface area (Å²) in [6, 6.07) is 1.68. The van der Waals surface area contributed by atoms with Crippen molar-refractivity contribution in [2.45, 2.75) is 38.4 Å². The molecule has 2 N–H and O–H groups in total. The molecule has 1 aliphatic heterocycles. The molecular formula is C18H23FN8O. The monoisotopic (exact) mass is 386 g/mol. The van der Waals surface area contributed by atoms with Gasteiger partial charge in [-0.2, -0.15) is 15.3 Å². The quantitative estimate of drug-likeness (QED) is 0.747. The van der Waals surface area contributed by atoms with E-state index in [0.717, 1.165) is 11.3 Å². The van der Waals surface area contributed by atoms with Crippen molar-refractivity contribution in [2.75, 3.05) is 23.7 Å². The lowest BCUT2D eigenvalue weighted by atomic mass is 10.2. The lowest BCUT2D eigenvalue weighted by Crippen LogP contribution is -2.39. The van der Waals surface area contributed by atoms with Gasteiger partial charge >= 0.3 is 0 Å². The number of alkyl halides is 1. The molecular weight excluding hydrogens is 363 g/mol. The van der Waals surface area contributed by atoms with Crippen LogP contribution < -0.4 is 10.6 Å². The van der Waals surface area contributed by atoms with Gasteiger partial charge in [-0.3, -0.25) is 9.48 Å². The zero-order chi connectivity index (χ0) is 20.1. The number of hydrogen-bond acceptors (Lipinski definition) is 7. The molecule has 0 aromatic carbocycles. The van der Waals surface area contributed by atoms with Gasteiger partial charge in [-0.05, 0) is 6.92 Å². The van der Waals surface area contributed by atoms with E-state index in [2.05, 4.69) is 25.7 Å². The summed E-state index contributed by atoms with van der Waals surface area (Å²) < 4.78 is 15.6. The summed E-state index contributed by atoms with van der Waals surface area (Å²) in [5.74, 6) is 0.845. The van der Waals surface area contributed by atoms with E-state index in [9.17, 15) is 9.18 Å². The second-order valence-corrected chi connectivity index (χ2v) is 6.82. The first-order chi connectivity index (χ1) is 13.5. The highest BCUT2D eigenvalue weighted by molar-refractivity contribution is 5.77. The van der Waals surface area contributed by atoms with E-state index in [4.69, 9.17) is 5.26 Å². The average Bonchev–Trinajstić information content (AvgIpc) is 3.25. The number of rotatable bonds is 7. The Labute approximate surface area is 162 Å². The minimum absolute atomic E-state index is 0.0766. The highest BCUT2D eigenvalue weighted by atomic mass is 19.1. The van der Waals surface area contributed by atoms with Gasteiger partial charge in [0.1, 0.15) is 12.0 Å². The molecule has 0 saturated carbocycles. The number of halogens is 1. The maximum atomic E-state index is 13.9. The molecule has 9 nitrogen and oxygen atoms in total. The van der Waals surface area contributed by atoms with Gasteiger partial charge in [0.15, 0.2) is 0 Å². The minimum Gasteiger partial charge on any atom is -0.368 e. The molecule has 0 unspecified atom stereocenters. The number of amides is 1. The van der Waals surface area contributed by atoms with Crippen LogP contribution in [0.25, 0.3) is 0 Å². The third-order valence-electron chi connectivity index (χ3n) is 4.57. The summed E-state index contributed by atoms with van der Waals surface area (Å²) in [5.41, 5.74) is 1.61. The van der Waals surface area contributed by atoms with Crippen molar-refractivity contribution < 1.29 is 9.18 Å². The van der Waals surface area contributed by atoms with Crippen molar-refractivity contribution in [3.8, 4) is 6.07 Å². The van der Waals surface area contributed by atoms with Crippen LogP contribution >= 0.6 is 0 Å². The molecule has 2 atom stereocenters. The molecule has 1 aliphatic rings. The number of aromatic nitrogens is 4. The molecule has 28 heavy (non-hydrogen) atoms. The van der Waals surface area contributed by atoms with Gasteiger partial charge < -0.3 is 15.5 Å². The maximum Gasteiger partial charge on any atom is 0.229 e. The van der Waals surface area contributed by atoms with E-state index in [1.165, 1.54) is 4.90 Å². The number of nitrogens with zero attached hydrogens (tertiary/aromatic N) is 6. The van der Waals surface area contributed by atoms with Crippen LogP contribution in [0.2, 0.25) is 0 Å². The molecule has 3 heterocycles. The standard InChI is InChI=1S/C18H23FN8O/c1-12-7-22-18(24-14-8-23-26(2)11-14)25-17(12)21-9-15-6-13(19)10-27(15)16(28)4-3-5-20/h7-8,11,13,15H,3-4,6,9-10H2,1-2H3,(H2,21,22,24,25)/t13-,15-/m0/s1. The minimum atomic E-state index is -1.05. The molecule has 1 amide bonds. The zero-order valence-corrected chi connectivity index (χ0v) is 15.9. The average molecular weight is 386 g/mol. The zero-order valence-electron chi connectivity index (χ0n) is 15.9. The number of hydrogen-bond donors (Lipinski definition) is 2. The normalized spacial score (nSPS) is 18.7. The summed E-state index contributed by atoms with van der Waals surface area (Å²) in [4.78, 5) is 22.5. The van der Waals surface area contributed by atoms with E-state index < -0.39 is 6.17 Å². The maximum absolute atomic E-state index is 13.9.